The summed E-state index contributed by atoms with van der Waals surface area (Å²) in [6, 6.07) is 20.0. The zero-order valence-electron chi connectivity index (χ0n) is 29.1. The molecule has 1 atom stereocenters. The molecule has 0 aromatic heterocycles. The molecule has 1 fully saturated rings. The van der Waals surface area contributed by atoms with Gasteiger partial charge in [0.05, 0.1) is 0 Å². The normalized spacial score (nSPS) is 16.0. The Balaban J connectivity index is 0.000000290. The van der Waals surface area contributed by atoms with Gasteiger partial charge >= 0.3 is 100 Å². The molecule has 0 N–H and O–H groups in total. The van der Waals surface area contributed by atoms with Crippen LogP contribution >= 0.6 is 12.4 Å². The van der Waals surface area contributed by atoms with Gasteiger partial charge in [-0.15, -0.1) is 12.4 Å². The maximum Gasteiger partial charge on any atom is -0.147 e. The van der Waals surface area contributed by atoms with Crippen molar-refractivity contribution in [3.05, 3.63) is 89.1 Å². The fraction of sp³-hybridized carbons (Fsp3) is 0.487. The van der Waals surface area contributed by atoms with Crippen molar-refractivity contribution in [3.63, 3.8) is 0 Å². The molecule has 247 valence electrons. The summed E-state index contributed by atoms with van der Waals surface area (Å²) in [5, 5.41) is 0. The van der Waals surface area contributed by atoms with Gasteiger partial charge in [0, 0.05) is 24.5 Å². The second-order valence-electron chi connectivity index (χ2n) is 13.5. The smallest absolute Gasteiger partial charge is 0.147 e. The molecular weight excluding hydrogens is 663 g/mol. The molecule has 2 aliphatic heterocycles. The first kappa shape index (κ1) is 37.1. The first-order chi connectivity index (χ1) is 21.0. The molecule has 0 bridgehead atoms. The molecule has 0 aliphatic carbocycles. The second kappa shape index (κ2) is 16.5. The van der Waals surface area contributed by atoms with Crippen molar-refractivity contribution in [2.75, 3.05) is 41.4 Å². The minimum atomic E-state index is 0. The fourth-order valence-corrected chi connectivity index (χ4v) is 6.79. The first-order valence-electron chi connectivity index (χ1n) is 16.5. The number of anilines is 3. The minimum Gasteiger partial charge on any atom is -0.147 e. The number of para-hydroxylation sites is 3. The fourth-order valence-electron chi connectivity index (χ4n) is 6.40. The number of fused-ring (bicyclic) bond motifs is 1. The van der Waals surface area contributed by atoms with Crippen LogP contribution in [0.25, 0.3) is 0 Å². The number of likely N-dealkylation sites (N-methyl/N-ethyl adjacent to an activating group) is 1. The number of benzene rings is 3. The van der Waals surface area contributed by atoms with E-state index in [0.29, 0.717) is 29.8 Å². The number of ether oxygens (including phenoxy) is 1. The van der Waals surface area contributed by atoms with Gasteiger partial charge in [-0.1, -0.05) is 91.8 Å². The number of halogens is 1. The van der Waals surface area contributed by atoms with Crippen LogP contribution in [0.1, 0.15) is 120 Å². The van der Waals surface area contributed by atoms with E-state index in [2.05, 4.69) is 163 Å². The Hall–Kier alpha value is -2.36. The van der Waals surface area contributed by atoms with Crippen LogP contribution in [0.15, 0.2) is 54.6 Å². The maximum absolute atomic E-state index is 5.99. The van der Waals surface area contributed by atoms with Crippen molar-refractivity contribution >= 4 is 34.1 Å². The molecule has 4 nitrogen and oxygen atoms in total. The first-order valence-corrected chi connectivity index (χ1v) is 17.5. The molecular formula is C39H55ClN3ORu. The van der Waals surface area contributed by atoms with Gasteiger partial charge in [-0.2, -0.15) is 6.67 Å². The van der Waals surface area contributed by atoms with E-state index in [1.807, 2.05) is 4.61 Å². The molecule has 3 aromatic carbocycles. The van der Waals surface area contributed by atoms with E-state index in [1.54, 1.807) is 0 Å². The molecule has 0 radical (unpaired) electrons. The molecule has 1 saturated heterocycles. The predicted octanol–water partition coefficient (Wildman–Crippen LogP) is 10.0. The second-order valence-corrected chi connectivity index (χ2v) is 14.0. The molecule has 0 amide bonds. The van der Waals surface area contributed by atoms with Crippen molar-refractivity contribution in [2.24, 2.45) is 0 Å². The topological polar surface area (TPSA) is 19.0 Å². The van der Waals surface area contributed by atoms with E-state index in [-0.39, 0.29) is 12.4 Å². The Labute approximate surface area is 290 Å². The maximum atomic E-state index is 5.99. The SMILES string of the molecule is CC(C)c1cccc(C(C)C)c1N1[CH-]N(c2c(C(C)C)cccc2C(C)C)CC1.CCC1CN(C)c2cccc([CH]=[Ru+])c2O1.Cl. The van der Waals surface area contributed by atoms with Gasteiger partial charge in [0.15, 0.2) is 0 Å². The molecule has 2 heterocycles. The molecule has 45 heavy (non-hydrogen) atoms. The average Bonchev–Trinajstić information content (AvgIpc) is 3.49. The predicted molar refractivity (Wildman–Crippen MR) is 195 cm³/mol. The van der Waals surface area contributed by atoms with Crippen molar-refractivity contribution in [1.29, 1.82) is 0 Å². The Bertz CT molecular complexity index is 1300. The molecule has 5 rings (SSSR count). The van der Waals surface area contributed by atoms with Crippen LogP contribution in [0.4, 0.5) is 17.1 Å². The number of hydrogen-bond acceptors (Lipinski definition) is 4. The summed E-state index contributed by atoms with van der Waals surface area (Å²) < 4.78 is 8.02. The van der Waals surface area contributed by atoms with E-state index < -0.39 is 0 Å². The Morgan fingerprint density at radius 2 is 1.18 bits per heavy atom. The zero-order chi connectivity index (χ0) is 32.1. The van der Waals surface area contributed by atoms with E-state index in [9.17, 15) is 0 Å². The Kier molecular flexibility index (Phi) is 13.6. The number of rotatable bonds is 8. The van der Waals surface area contributed by atoms with E-state index in [1.165, 1.54) is 39.3 Å². The van der Waals surface area contributed by atoms with Crippen molar-refractivity contribution < 1.29 is 22.6 Å². The molecule has 0 saturated carbocycles. The van der Waals surface area contributed by atoms with Crippen LogP contribution in [0.3, 0.4) is 0 Å². The van der Waals surface area contributed by atoms with Crippen molar-refractivity contribution in [1.82, 2.24) is 0 Å². The van der Waals surface area contributed by atoms with Gasteiger partial charge in [0.25, 0.3) is 0 Å². The van der Waals surface area contributed by atoms with Crippen LogP contribution in [0.5, 0.6) is 5.75 Å². The van der Waals surface area contributed by atoms with Crippen molar-refractivity contribution in [2.45, 2.75) is 98.5 Å². The third-order valence-corrected chi connectivity index (χ3v) is 9.42. The van der Waals surface area contributed by atoms with Gasteiger partial charge in [-0.05, 0) is 45.9 Å². The summed E-state index contributed by atoms with van der Waals surface area (Å²) in [6.45, 7) is 26.0. The van der Waals surface area contributed by atoms with Crippen LogP contribution in [-0.4, -0.2) is 37.4 Å². The van der Waals surface area contributed by atoms with Gasteiger partial charge in [0.1, 0.15) is 0 Å². The zero-order valence-corrected chi connectivity index (χ0v) is 31.6. The van der Waals surface area contributed by atoms with Crippen LogP contribution < -0.4 is 19.4 Å². The number of nitrogens with zero attached hydrogens (tertiary/aromatic N) is 3. The number of hydrogen-bond donors (Lipinski definition) is 0. The largest absolute Gasteiger partial charge is 0.147 e. The third kappa shape index (κ3) is 8.33. The standard InChI is InChI=1S/C27H39N2.C12H15NO.ClH.Ru/c1-18(2)22-11-9-12-23(19(3)4)26(22)28-15-16-29(17-28)27-24(20(5)6)13-10-14-25(27)21(7)8;1-4-10-8-13(3)11-7-5-6-9(2)12(11)14-10;;/h9-14,17-21H,15-16H2,1-8H3;2,5-7,10H,4,8H2,1,3H3;1H;/q-1;;;+1. The molecule has 3 aromatic rings. The summed E-state index contributed by atoms with van der Waals surface area (Å²) >= 11 is 2.54. The van der Waals surface area contributed by atoms with Gasteiger partial charge in [-0.3, -0.25) is 0 Å². The van der Waals surface area contributed by atoms with E-state index >= 15 is 0 Å². The van der Waals surface area contributed by atoms with Gasteiger partial charge in [-0.25, -0.2) is 0 Å². The Morgan fingerprint density at radius 3 is 1.56 bits per heavy atom. The van der Waals surface area contributed by atoms with E-state index in [4.69, 9.17) is 4.74 Å². The molecule has 2 aliphatic rings. The Morgan fingerprint density at radius 1 is 0.756 bits per heavy atom. The summed E-state index contributed by atoms with van der Waals surface area (Å²) in [7, 11) is 2.12. The molecule has 1 unspecified atom stereocenters. The molecule has 6 heteroatoms. The van der Waals surface area contributed by atoms with E-state index in [0.717, 1.165) is 37.4 Å². The van der Waals surface area contributed by atoms with Crippen LogP contribution in [-0.2, 0) is 17.9 Å². The van der Waals surface area contributed by atoms with Gasteiger partial charge in [0.2, 0.25) is 0 Å². The minimum absolute atomic E-state index is 0. The molecule has 0 spiro atoms. The quantitative estimate of drug-likeness (QED) is 0.171. The van der Waals surface area contributed by atoms with Gasteiger partial charge < -0.3 is 9.80 Å². The van der Waals surface area contributed by atoms with Crippen LogP contribution in [0, 0.1) is 6.67 Å². The summed E-state index contributed by atoms with van der Waals surface area (Å²) in [5.41, 5.74) is 11.0. The van der Waals surface area contributed by atoms with Crippen LogP contribution in [0.2, 0.25) is 0 Å². The monoisotopic (exact) mass is 718 g/mol. The third-order valence-electron chi connectivity index (χ3n) is 8.88. The summed E-state index contributed by atoms with van der Waals surface area (Å²) in [4.78, 5) is 7.28. The summed E-state index contributed by atoms with van der Waals surface area (Å²) in [5.74, 6) is 3.08. The summed E-state index contributed by atoms with van der Waals surface area (Å²) in [6.07, 6.45) is 1.37. The average molecular weight is 718 g/mol. The van der Waals surface area contributed by atoms with Crippen molar-refractivity contribution in [3.8, 4) is 5.75 Å².